The fourth-order valence-corrected chi connectivity index (χ4v) is 3.68. The van der Waals surface area contributed by atoms with Crippen LogP contribution in [0.2, 0.25) is 0 Å². The normalized spacial score (nSPS) is 10.9. The molecule has 0 fully saturated rings. The van der Waals surface area contributed by atoms with E-state index in [1.165, 1.54) is 12.1 Å². The minimum Gasteiger partial charge on any atom is -0.352 e. The van der Waals surface area contributed by atoms with Gasteiger partial charge in [0.25, 0.3) is 5.91 Å². The Kier molecular flexibility index (Phi) is 4.94. The second-order valence-corrected chi connectivity index (χ2v) is 7.13. The first kappa shape index (κ1) is 17.4. The average molecular weight is 376 g/mol. The molecule has 5 heteroatoms. The fourth-order valence-electron chi connectivity index (χ4n) is 3.00. The highest BCUT2D eigenvalue weighted by atomic mass is 32.1. The Labute approximate surface area is 160 Å². The molecule has 0 bridgehead atoms. The maximum atomic E-state index is 13.8. The smallest absolute Gasteiger partial charge is 0.252 e. The van der Waals surface area contributed by atoms with Crippen molar-refractivity contribution in [1.29, 1.82) is 0 Å². The van der Waals surface area contributed by atoms with Gasteiger partial charge in [0.15, 0.2) is 0 Å². The predicted molar refractivity (Wildman–Crippen MR) is 107 cm³/mol. The van der Waals surface area contributed by atoms with E-state index in [0.717, 1.165) is 22.6 Å². The fraction of sp³-hybridized carbons (Fsp3) is 0.0909. The van der Waals surface area contributed by atoms with Crippen LogP contribution in [0, 0.1) is 5.82 Å². The Morgan fingerprint density at radius 1 is 1.04 bits per heavy atom. The molecule has 0 aliphatic carbocycles. The van der Waals surface area contributed by atoms with Crippen LogP contribution < -0.4 is 5.32 Å². The molecule has 0 unspecified atom stereocenters. The number of thiophene rings is 1. The van der Waals surface area contributed by atoms with Gasteiger partial charge in [0.1, 0.15) is 5.82 Å². The molecule has 0 aliphatic heterocycles. The third-order valence-electron chi connectivity index (χ3n) is 4.33. The maximum absolute atomic E-state index is 13.8. The Morgan fingerprint density at radius 3 is 2.67 bits per heavy atom. The van der Waals surface area contributed by atoms with Gasteiger partial charge in [-0.05, 0) is 47.7 Å². The SMILES string of the molecule is O=C(NCCc1ccccc1)c1cc(-c2cccs2)nc2ccc(F)cc12. The van der Waals surface area contributed by atoms with E-state index >= 15 is 0 Å². The van der Waals surface area contributed by atoms with Crippen molar-refractivity contribution in [3.63, 3.8) is 0 Å². The minimum atomic E-state index is -0.383. The Bertz CT molecular complexity index is 1080. The number of rotatable bonds is 5. The number of carbonyl (C=O) groups is 1. The quantitative estimate of drug-likeness (QED) is 0.528. The lowest BCUT2D eigenvalue weighted by molar-refractivity contribution is 0.0956. The first-order valence-corrected chi connectivity index (χ1v) is 9.55. The zero-order valence-corrected chi connectivity index (χ0v) is 15.3. The van der Waals surface area contributed by atoms with Crippen molar-refractivity contribution in [3.8, 4) is 10.6 Å². The Morgan fingerprint density at radius 2 is 1.89 bits per heavy atom. The molecule has 0 saturated carbocycles. The highest BCUT2D eigenvalue weighted by molar-refractivity contribution is 7.13. The minimum absolute atomic E-state index is 0.221. The van der Waals surface area contributed by atoms with Crippen LogP contribution >= 0.6 is 11.3 Å². The van der Waals surface area contributed by atoms with Gasteiger partial charge in [-0.1, -0.05) is 36.4 Å². The van der Waals surface area contributed by atoms with E-state index in [4.69, 9.17) is 0 Å². The van der Waals surface area contributed by atoms with Gasteiger partial charge in [-0.25, -0.2) is 9.37 Å². The number of hydrogen-bond acceptors (Lipinski definition) is 3. The molecule has 2 heterocycles. The van der Waals surface area contributed by atoms with Crippen LogP contribution in [0.4, 0.5) is 4.39 Å². The summed E-state index contributed by atoms with van der Waals surface area (Å²) in [4.78, 5) is 18.4. The number of nitrogens with zero attached hydrogens (tertiary/aromatic N) is 1. The number of carbonyl (C=O) groups excluding carboxylic acids is 1. The van der Waals surface area contributed by atoms with Crippen molar-refractivity contribution in [2.75, 3.05) is 6.54 Å². The topological polar surface area (TPSA) is 42.0 Å². The molecular formula is C22H17FN2OS. The van der Waals surface area contributed by atoms with Crippen molar-refractivity contribution in [3.05, 3.63) is 89.1 Å². The van der Waals surface area contributed by atoms with Crippen LogP contribution in [-0.2, 0) is 6.42 Å². The summed E-state index contributed by atoms with van der Waals surface area (Å²) in [6.07, 6.45) is 0.738. The van der Waals surface area contributed by atoms with Crippen molar-refractivity contribution in [1.82, 2.24) is 10.3 Å². The summed E-state index contributed by atoms with van der Waals surface area (Å²) in [6.45, 7) is 0.510. The molecule has 2 aromatic heterocycles. The van der Waals surface area contributed by atoms with Gasteiger partial charge in [-0.2, -0.15) is 0 Å². The molecule has 2 aromatic carbocycles. The molecule has 0 atom stereocenters. The summed E-state index contributed by atoms with van der Waals surface area (Å²) in [7, 11) is 0. The highest BCUT2D eigenvalue weighted by Gasteiger charge is 2.15. The number of hydrogen-bond donors (Lipinski definition) is 1. The van der Waals surface area contributed by atoms with Gasteiger partial charge in [0.05, 0.1) is 21.7 Å². The first-order chi connectivity index (χ1) is 13.2. The molecular weight excluding hydrogens is 359 g/mol. The van der Waals surface area contributed by atoms with Gasteiger partial charge in [-0.15, -0.1) is 11.3 Å². The summed E-state index contributed by atoms with van der Waals surface area (Å²) >= 11 is 1.56. The number of aromatic nitrogens is 1. The summed E-state index contributed by atoms with van der Waals surface area (Å²) in [6, 6.07) is 20.0. The largest absolute Gasteiger partial charge is 0.352 e. The van der Waals surface area contributed by atoms with Crippen LogP contribution in [0.3, 0.4) is 0 Å². The van der Waals surface area contributed by atoms with E-state index in [2.05, 4.69) is 10.3 Å². The molecule has 134 valence electrons. The molecule has 0 radical (unpaired) electrons. The van der Waals surface area contributed by atoms with Gasteiger partial charge < -0.3 is 5.32 Å². The number of amides is 1. The van der Waals surface area contributed by atoms with E-state index < -0.39 is 0 Å². The van der Waals surface area contributed by atoms with Gasteiger partial charge in [-0.3, -0.25) is 4.79 Å². The molecule has 4 rings (SSSR count). The Balaban J connectivity index is 1.64. The van der Waals surface area contributed by atoms with Crippen molar-refractivity contribution in [2.45, 2.75) is 6.42 Å². The molecule has 4 aromatic rings. The third kappa shape index (κ3) is 3.88. The number of nitrogens with one attached hydrogen (secondary N) is 1. The van der Waals surface area contributed by atoms with Crippen LogP contribution in [0.5, 0.6) is 0 Å². The van der Waals surface area contributed by atoms with E-state index in [9.17, 15) is 9.18 Å². The summed E-state index contributed by atoms with van der Waals surface area (Å²) in [5.41, 5.74) is 2.92. The maximum Gasteiger partial charge on any atom is 0.252 e. The molecule has 0 spiro atoms. The van der Waals surface area contributed by atoms with E-state index in [1.54, 1.807) is 23.5 Å². The number of halogens is 1. The first-order valence-electron chi connectivity index (χ1n) is 8.67. The van der Waals surface area contributed by atoms with Gasteiger partial charge >= 0.3 is 0 Å². The third-order valence-corrected chi connectivity index (χ3v) is 5.22. The monoisotopic (exact) mass is 376 g/mol. The molecule has 0 saturated heterocycles. The van der Waals surface area contributed by atoms with Crippen molar-refractivity contribution in [2.24, 2.45) is 0 Å². The van der Waals surface area contributed by atoms with Crippen LogP contribution in [-0.4, -0.2) is 17.4 Å². The van der Waals surface area contributed by atoms with Crippen LogP contribution in [0.15, 0.2) is 72.1 Å². The summed E-state index contributed by atoms with van der Waals surface area (Å²) in [5.74, 6) is -0.603. The van der Waals surface area contributed by atoms with Gasteiger partial charge in [0.2, 0.25) is 0 Å². The number of benzene rings is 2. The standard InChI is InChI=1S/C22H17FN2OS/c23-16-8-9-19-17(13-16)18(14-20(25-19)21-7-4-12-27-21)22(26)24-11-10-15-5-2-1-3-6-15/h1-9,12-14H,10-11H2,(H,24,26). The molecule has 0 aliphatic rings. The lowest BCUT2D eigenvalue weighted by Crippen LogP contribution is -2.26. The van der Waals surface area contributed by atoms with Crippen molar-refractivity contribution < 1.29 is 9.18 Å². The lowest BCUT2D eigenvalue weighted by Gasteiger charge is -2.10. The second-order valence-electron chi connectivity index (χ2n) is 6.19. The summed E-state index contributed by atoms with van der Waals surface area (Å²) in [5, 5.41) is 5.43. The number of fused-ring (bicyclic) bond motifs is 1. The molecule has 27 heavy (non-hydrogen) atoms. The Hall–Kier alpha value is -3.05. The average Bonchev–Trinajstić information content (AvgIpc) is 3.23. The zero-order valence-electron chi connectivity index (χ0n) is 14.5. The molecule has 1 amide bonds. The van der Waals surface area contributed by atoms with E-state index in [-0.39, 0.29) is 11.7 Å². The number of pyridine rings is 1. The van der Waals surface area contributed by atoms with E-state index in [1.807, 2.05) is 47.8 Å². The van der Waals surface area contributed by atoms with E-state index in [0.29, 0.717) is 23.0 Å². The van der Waals surface area contributed by atoms with Crippen molar-refractivity contribution >= 4 is 28.1 Å². The molecule has 1 N–H and O–H groups in total. The summed E-state index contributed by atoms with van der Waals surface area (Å²) < 4.78 is 13.8. The lowest BCUT2D eigenvalue weighted by atomic mass is 10.1. The van der Waals surface area contributed by atoms with Crippen LogP contribution in [0.25, 0.3) is 21.5 Å². The predicted octanol–water partition coefficient (Wildman–Crippen LogP) is 5.07. The van der Waals surface area contributed by atoms with Crippen LogP contribution in [0.1, 0.15) is 15.9 Å². The molecule has 3 nitrogen and oxygen atoms in total. The highest BCUT2D eigenvalue weighted by Crippen LogP contribution is 2.28. The van der Waals surface area contributed by atoms with Gasteiger partial charge in [0, 0.05) is 11.9 Å². The zero-order chi connectivity index (χ0) is 18.6. The second kappa shape index (κ2) is 7.68.